The topological polar surface area (TPSA) is 38.3 Å². The van der Waals surface area contributed by atoms with Crippen molar-refractivity contribution in [1.82, 2.24) is 5.32 Å². The number of nitrogens with one attached hydrogen (secondary N) is 1. The summed E-state index contributed by atoms with van der Waals surface area (Å²) in [5.74, 6) is 0. The molecule has 3 nitrogen and oxygen atoms in total. The van der Waals surface area contributed by atoms with Crippen molar-refractivity contribution in [3.63, 3.8) is 0 Å². The van der Waals surface area contributed by atoms with Gasteiger partial charge in [-0.15, -0.1) is 0 Å². The maximum atomic E-state index is 12.9. The summed E-state index contributed by atoms with van der Waals surface area (Å²) in [5, 5.41) is 1.96. The molecule has 0 atom stereocenters. The zero-order valence-corrected chi connectivity index (χ0v) is 10.7. The average molecular weight is 315 g/mol. The normalized spacial score (nSPS) is 12.1. The molecule has 118 valence electrons. The van der Waals surface area contributed by atoms with Crippen LogP contribution in [0, 0.1) is 0 Å². The maximum absolute atomic E-state index is 12.9. The van der Waals surface area contributed by atoms with Gasteiger partial charge in [-0.2, -0.15) is 26.3 Å². The Kier molecular flexibility index (Phi) is 5.08. The number of carbonyl (C=O) groups excluding carboxylic acids is 1. The number of halogens is 6. The van der Waals surface area contributed by atoms with Crippen LogP contribution in [-0.2, 0) is 23.6 Å². The van der Waals surface area contributed by atoms with Crippen molar-refractivity contribution in [3.05, 3.63) is 34.9 Å². The molecule has 1 amide bonds. The summed E-state index contributed by atoms with van der Waals surface area (Å²) in [6.45, 7) is 0.739. The van der Waals surface area contributed by atoms with Gasteiger partial charge in [-0.3, -0.25) is 0 Å². The van der Waals surface area contributed by atoms with Crippen LogP contribution < -0.4 is 5.32 Å². The molecular weight excluding hydrogens is 304 g/mol. The van der Waals surface area contributed by atoms with Gasteiger partial charge in [0, 0.05) is 6.54 Å². The Morgan fingerprint density at radius 1 is 1.14 bits per heavy atom. The van der Waals surface area contributed by atoms with Crippen LogP contribution in [0.5, 0.6) is 0 Å². The van der Waals surface area contributed by atoms with E-state index >= 15 is 0 Å². The maximum Gasteiger partial charge on any atom is 0.417 e. The second-order valence-electron chi connectivity index (χ2n) is 3.91. The smallest absolute Gasteiger partial charge is 0.417 e. The Morgan fingerprint density at radius 2 is 1.76 bits per heavy atom. The molecular formula is C12H11F6NO2. The van der Waals surface area contributed by atoms with Gasteiger partial charge in [0.05, 0.1) is 17.7 Å². The van der Waals surface area contributed by atoms with E-state index in [1.54, 1.807) is 0 Å². The molecule has 1 N–H and O–H groups in total. The monoisotopic (exact) mass is 315 g/mol. The van der Waals surface area contributed by atoms with Crippen LogP contribution in [0.15, 0.2) is 18.2 Å². The third kappa shape index (κ3) is 4.54. The van der Waals surface area contributed by atoms with Crippen LogP contribution >= 0.6 is 0 Å². The van der Waals surface area contributed by atoms with Crippen molar-refractivity contribution in [3.8, 4) is 0 Å². The van der Waals surface area contributed by atoms with Crippen LogP contribution in [0.3, 0.4) is 0 Å². The van der Waals surface area contributed by atoms with Crippen molar-refractivity contribution in [2.75, 3.05) is 6.61 Å². The number of alkyl halides is 6. The molecule has 0 fully saturated rings. The first-order chi connectivity index (χ1) is 9.57. The fourth-order valence-corrected chi connectivity index (χ4v) is 1.67. The van der Waals surface area contributed by atoms with E-state index < -0.39 is 41.7 Å². The van der Waals surface area contributed by atoms with Crippen molar-refractivity contribution in [2.24, 2.45) is 0 Å². The van der Waals surface area contributed by atoms with E-state index in [4.69, 9.17) is 0 Å². The number of hydrogen-bond donors (Lipinski definition) is 1. The highest BCUT2D eigenvalue weighted by Gasteiger charge is 2.44. The number of benzene rings is 1. The van der Waals surface area contributed by atoms with Gasteiger partial charge in [0.15, 0.2) is 0 Å². The van der Waals surface area contributed by atoms with E-state index in [0.29, 0.717) is 6.07 Å². The molecule has 0 aromatic heterocycles. The van der Waals surface area contributed by atoms with Gasteiger partial charge in [-0.25, -0.2) is 4.79 Å². The molecule has 1 aromatic carbocycles. The number of rotatable bonds is 3. The number of alkyl carbamates (subject to hydrolysis) is 1. The van der Waals surface area contributed by atoms with Gasteiger partial charge in [0.1, 0.15) is 0 Å². The van der Waals surface area contributed by atoms with Crippen LogP contribution in [-0.4, -0.2) is 12.7 Å². The molecule has 0 aliphatic heterocycles. The average Bonchev–Trinajstić information content (AvgIpc) is 2.34. The van der Waals surface area contributed by atoms with Gasteiger partial charge in [-0.1, -0.05) is 12.1 Å². The Bertz CT molecular complexity index is 509. The predicted molar refractivity (Wildman–Crippen MR) is 60.3 cm³/mol. The van der Waals surface area contributed by atoms with Crippen molar-refractivity contribution >= 4 is 6.09 Å². The minimum absolute atomic E-state index is 0.0133. The van der Waals surface area contributed by atoms with E-state index in [9.17, 15) is 31.1 Å². The van der Waals surface area contributed by atoms with E-state index in [0.717, 1.165) is 12.1 Å². The van der Waals surface area contributed by atoms with Crippen LogP contribution in [0.2, 0.25) is 0 Å². The Labute approximate surface area is 115 Å². The van der Waals surface area contributed by atoms with Gasteiger partial charge in [0.25, 0.3) is 0 Å². The lowest BCUT2D eigenvalue weighted by atomic mass is 10.00. The first-order valence-electron chi connectivity index (χ1n) is 5.74. The van der Waals surface area contributed by atoms with E-state index in [2.05, 4.69) is 4.74 Å². The Morgan fingerprint density at radius 3 is 2.24 bits per heavy atom. The molecule has 0 aliphatic carbocycles. The fraction of sp³-hybridized carbons (Fsp3) is 0.417. The molecule has 0 spiro atoms. The summed E-state index contributed by atoms with van der Waals surface area (Å²) in [7, 11) is 0. The highest BCUT2D eigenvalue weighted by atomic mass is 19.4. The Hall–Kier alpha value is -1.93. The fourth-order valence-electron chi connectivity index (χ4n) is 1.67. The summed E-state index contributed by atoms with van der Waals surface area (Å²) in [6, 6.07) is 2.06. The second kappa shape index (κ2) is 6.23. The molecule has 1 aromatic rings. The quantitative estimate of drug-likeness (QED) is 0.857. The second-order valence-corrected chi connectivity index (χ2v) is 3.91. The van der Waals surface area contributed by atoms with Gasteiger partial charge < -0.3 is 10.1 Å². The molecule has 21 heavy (non-hydrogen) atoms. The zero-order chi connectivity index (χ0) is 16.3. The lowest BCUT2D eigenvalue weighted by Crippen LogP contribution is -2.26. The molecule has 0 saturated heterocycles. The minimum Gasteiger partial charge on any atom is -0.450 e. The van der Waals surface area contributed by atoms with E-state index in [1.165, 1.54) is 6.92 Å². The van der Waals surface area contributed by atoms with Gasteiger partial charge in [0.2, 0.25) is 0 Å². The van der Waals surface area contributed by atoms with E-state index in [-0.39, 0.29) is 6.61 Å². The third-order valence-corrected chi connectivity index (χ3v) is 2.44. The number of ether oxygens (including phenoxy) is 1. The molecule has 9 heteroatoms. The molecule has 0 aliphatic rings. The zero-order valence-electron chi connectivity index (χ0n) is 10.7. The van der Waals surface area contributed by atoms with Crippen molar-refractivity contribution in [2.45, 2.75) is 25.8 Å². The number of amides is 1. The molecule has 1 rings (SSSR count). The number of carbonyl (C=O) groups is 1. The minimum atomic E-state index is -5.20. The summed E-state index contributed by atoms with van der Waals surface area (Å²) in [5.41, 5.74) is -4.29. The van der Waals surface area contributed by atoms with Gasteiger partial charge >= 0.3 is 18.4 Å². The molecule has 0 bridgehead atoms. The first-order valence-corrected chi connectivity index (χ1v) is 5.74. The van der Waals surface area contributed by atoms with Crippen LogP contribution in [0.1, 0.15) is 23.6 Å². The highest BCUT2D eigenvalue weighted by molar-refractivity contribution is 5.67. The summed E-state index contributed by atoms with van der Waals surface area (Å²) in [4.78, 5) is 11.0. The first kappa shape index (κ1) is 17.1. The summed E-state index contributed by atoms with van der Waals surface area (Å²) in [6.07, 6.45) is -11.4. The predicted octanol–water partition coefficient (Wildman–Crippen LogP) is 3.97. The highest BCUT2D eigenvalue weighted by Crippen LogP contribution is 2.41. The number of hydrogen-bond acceptors (Lipinski definition) is 2. The SMILES string of the molecule is CCOC(=O)NCc1cccc(C(F)(F)F)c1C(F)(F)F. The molecule has 0 unspecified atom stereocenters. The molecule has 0 heterocycles. The van der Waals surface area contributed by atoms with Crippen LogP contribution in [0.25, 0.3) is 0 Å². The summed E-state index contributed by atoms with van der Waals surface area (Å²) >= 11 is 0. The third-order valence-electron chi connectivity index (χ3n) is 2.44. The van der Waals surface area contributed by atoms with Crippen molar-refractivity contribution in [1.29, 1.82) is 0 Å². The van der Waals surface area contributed by atoms with E-state index in [1.807, 2.05) is 5.32 Å². The van der Waals surface area contributed by atoms with Gasteiger partial charge in [-0.05, 0) is 18.6 Å². The van der Waals surface area contributed by atoms with Crippen molar-refractivity contribution < 1.29 is 35.9 Å². The van der Waals surface area contributed by atoms with Crippen LogP contribution in [0.4, 0.5) is 31.1 Å². The standard InChI is InChI=1S/C12H11F6NO2/c1-2-21-10(20)19-6-7-4-3-5-8(11(13,14)15)9(7)12(16,17)18/h3-5H,2,6H2,1H3,(H,19,20). The Balaban J connectivity index is 3.18. The molecule has 0 radical (unpaired) electrons. The summed E-state index contributed by atoms with van der Waals surface area (Å²) < 4.78 is 81.0. The molecule has 0 saturated carbocycles. The lowest BCUT2D eigenvalue weighted by molar-refractivity contribution is -0.162. The largest absolute Gasteiger partial charge is 0.450 e. The lowest BCUT2D eigenvalue weighted by Gasteiger charge is -2.19.